The van der Waals surface area contributed by atoms with Gasteiger partial charge in [0.25, 0.3) is 0 Å². The lowest BCUT2D eigenvalue weighted by Crippen LogP contribution is -2.09. The fourth-order valence-electron chi connectivity index (χ4n) is 2.12. The van der Waals surface area contributed by atoms with Crippen molar-refractivity contribution < 1.29 is 9.47 Å². The minimum atomic E-state index is 0.110. The molecule has 2 rings (SSSR count). The van der Waals surface area contributed by atoms with Crippen LogP contribution in [0.1, 0.15) is 24.2 Å². The number of aryl methyl sites for hydroxylation is 1. The van der Waals surface area contributed by atoms with Crippen molar-refractivity contribution in [3.8, 4) is 11.5 Å². The average Bonchev–Trinajstić information content (AvgIpc) is 2.48. The molecule has 20 heavy (non-hydrogen) atoms. The first-order chi connectivity index (χ1) is 9.65. The van der Waals surface area contributed by atoms with E-state index < -0.39 is 0 Å². The van der Waals surface area contributed by atoms with Crippen LogP contribution in [-0.2, 0) is 0 Å². The number of hydrogen-bond acceptors (Lipinski definition) is 4. The van der Waals surface area contributed by atoms with Crippen molar-refractivity contribution in [3.63, 3.8) is 0 Å². The Morgan fingerprint density at radius 1 is 1.15 bits per heavy atom. The van der Waals surface area contributed by atoms with Crippen LogP contribution >= 0.6 is 0 Å². The van der Waals surface area contributed by atoms with E-state index in [-0.39, 0.29) is 6.04 Å². The molecule has 1 N–H and O–H groups in total. The molecular weight excluding hydrogens is 252 g/mol. The van der Waals surface area contributed by atoms with Gasteiger partial charge in [0.15, 0.2) is 0 Å². The molecule has 0 bridgehead atoms. The molecule has 1 heterocycles. The van der Waals surface area contributed by atoms with E-state index in [1.807, 2.05) is 37.3 Å². The van der Waals surface area contributed by atoms with E-state index >= 15 is 0 Å². The molecule has 106 valence electrons. The zero-order valence-corrected chi connectivity index (χ0v) is 12.3. The maximum Gasteiger partial charge on any atom is 0.127 e. The lowest BCUT2D eigenvalue weighted by molar-refractivity contribution is 0.390. The summed E-state index contributed by atoms with van der Waals surface area (Å²) in [4.78, 5) is 4.28. The summed E-state index contributed by atoms with van der Waals surface area (Å²) in [5.41, 5.74) is 3.08. The fourth-order valence-corrected chi connectivity index (χ4v) is 2.12. The second-order valence-corrected chi connectivity index (χ2v) is 4.61. The molecule has 0 aliphatic carbocycles. The maximum absolute atomic E-state index is 5.44. The number of aromatic nitrogens is 1. The van der Waals surface area contributed by atoms with Gasteiger partial charge in [-0.05, 0) is 38.1 Å². The molecule has 0 amide bonds. The molecule has 0 aliphatic rings. The first kappa shape index (κ1) is 14.2. The summed E-state index contributed by atoms with van der Waals surface area (Å²) in [5, 5.41) is 3.46. The predicted molar refractivity (Wildman–Crippen MR) is 80.6 cm³/mol. The minimum Gasteiger partial charge on any atom is -0.497 e. The second kappa shape index (κ2) is 6.28. The van der Waals surface area contributed by atoms with Gasteiger partial charge < -0.3 is 14.8 Å². The minimum absolute atomic E-state index is 0.110. The number of rotatable bonds is 5. The van der Waals surface area contributed by atoms with Crippen molar-refractivity contribution in [2.75, 3.05) is 19.5 Å². The van der Waals surface area contributed by atoms with Crippen molar-refractivity contribution in [2.45, 2.75) is 19.9 Å². The van der Waals surface area contributed by atoms with Gasteiger partial charge >= 0.3 is 0 Å². The molecular formula is C16H20N2O2. The highest BCUT2D eigenvalue weighted by atomic mass is 16.5. The second-order valence-electron chi connectivity index (χ2n) is 4.61. The first-order valence-electron chi connectivity index (χ1n) is 6.55. The third kappa shape index (κ3) is 3.02. The standard InChI is InChI=1S/C16H20N2O2/c1-11(18-15-6-5-9-17-12(15)2)14-8-7-13(19-3)10-16(14)20-4/h5-11,18H,1-4H3. The number of methoxy groups -OCH3 is 2. The summed E-state index contributed by atoms with van der Waals surface area (Å²) in [6.07, 6.45) is 1.79. The van der Waals surface area contributed by atoms with Crippen LogP contribution in [0.2, 0.25) is 0 Å². The predicted octanol–water partition coefficient (Wildman–Crippen LogP) is 3.58. The largest absolute Gasteiger partial charge is 0.497 e. The molecule has 0 saturated carbocycles. The normalized spacial score (nSPS) is 11.8. The highest BCUT2D eigenvalue weighted by molar-refractivity contribution is 5.51. The first-order valence-corrected chi connectivity index (χ1v) is 6.55. The van der Waals surface area contributed by atoms with Gasteiger partial charge in [0.1, 0.15) is 11.5 Å². The Kier molecular flexibility index (Phi) is 4.45. The molecule has 1 unspecified atom stereocenters. The fraction of sp³-hybridized carbons (Fsp3) is 0.312. The van der Waals surface area contributed by atoms with Crippen molar-refractivity contribution in [1.82, 2.24) is 4.98 Å². The van der Waals surface area contributed by atoms with E-state index in [0.29, 0.717) is 0 Å². The number of benzene rings is 1. The van der Waals surface area contributed by atoms with Crippen molar-refractivity contribution in [1.29, 1.82) is 0 Å². The molecule has 0 radical (unpaired) electrons. The molecule has 0 spiro atoms. The number of hydrogen-bond donors (Lipinski definition) is 1. The van der Waals surface area contributed by atoms with Crippen LogP contribution in [0.15, 0.2) is 36.5 Å². The average molecular weight is 272 g/mol. The lowest BCUT2D eigenvalue weighted by Gasteiger charge is -2.19. The van der Waals surface area contributed by atoms with Crippen LogP contribution in [-0.4, -0.2) is 19.2 Å². The SMILES string of the molecule is COc1ccc(C(C)Nc2cccnc2C)c(OC)c1. The van der Waals surface area contributed by atoms with Gasteiger partial charge in [-0.1, -0.05) is 0 Å². The van der Waals surface area contributed by atoms with Gasteiger partial charge in [0.05, 0.1) is 31.6 Å². The molecule has 1 atom stereocenters. The summed E-state index contributed by atoms with van der Waals surface area (Å²) >= 11 is 0. The number of nitrogens with zero attached hydrogens (tertiary/aromatic N) is 1. The smallest absolute Gasteiger partial charge is 0.127 e. The Hall–Kier alpha value is -2.23. The molecule has 0 saturated heterocycles. The maximum atomic E-state index is 5.44. The van der Waals surface area contributed by atoms with Gasteiger partial charge in [0, 0.05) is 17.8 Å². The number of nitrogens with one attached hydrogen (secondary N) is 1. The van der Waals surface area contributed by atoms with Crippen LogP contribution in [0, 0.1) is 6.92 Å². The van der Waals surface area contributed by atoms with E-state index in [0.717, 1.165) is 28.4 Å². The van der Waals surface area contributed by atoms with Crippen molar-refractivity contribution in [3.05, 3.63) is 47.8 Å². The summed E-state index contributed by atoms with van der Waals surface area (Å²) in [6, 6.07) is 9.90. The van der Waals surface area contributed by atoms with E-state index in [1.54, 1.807) is 20.4 Å². The van der Waals surface area contributed by atoms with E-state index in [4.69, 9.17) is 9.47 Å². The Morgan fingerprint density at radius 3 is 2.60 bits per heavy atom. The molecule has 4 nitrogen and oxygen atoms in total. The van der Waals surface area contributed by atoms with Gasteiger partial charge in [-0.2, -0.15) is 0 Å². The van der Waals surface area contributed by atoms with Crippen LogP contribution in [0.3, 0.4) is 0 Å². The quantitative estimate of drug-likeness (QED) is 0.903. The summed E-state index contributed by atoms with van der Waals surface area (Å²) in [7, 11) is 3.31. The van der Waals surface area contributed by atoms with E-state index in [9.17, 15) is 0 Å². The molecule has 0 fully saturated rings. The topological polar surface area (TPSA) is 43.4 Å². The Balaban J connectivity index is 2.25. The van der Waals surface area contributed by atoms with Gasteiger partial charge in [-0.3, -0.25) is 4.98 Å². The Bertz CT molecular complexity index is 584. The van der Waals surface area contributed by atoms with Crippen molar-refractivity contribution in [2.24, 2.45) is 0 Å². The summed E-state index contributed by atoms with van der Waals surface area (Å²) < 4.78 is 10.7. The van der Waals surface area contributed by atoms with Crippen LogP contribution in [0.5, 0.6) is 11.5 Å². The molecule has 1 aromatic carbocycles. The number of anilines is 1. The number of pyridine rings is 1. The van der Waals surface area contributed by atoms with Crippen LogP contribution in [0.25, 0.3) is 0 Å². The monoisotopic (exact) mass is 272 g/mol. The third-order valence-corrected chi connectivity index (χ3v) is 3.29. The molecule has 4 heteroatoms. The van der Waals surface area contributed by atoms with E-state index in [2.05, 4.69) is 17.2 Å². The van der Waals surface area contributed by atoms with Crippen LogP contribution < -0.4 is 14.8 Å². The lowest BCUT2D eigenvalue weighted by atomic mass is 10.1. The highest BCUT2D eigenvalue weighted by Crippen LogP contribution is 2.31. The zero-order valence-electron chi connectivity index (χ0n) is 12.3. The van der Waals surface area contributed by atoms with Crippen molar-refractivity contribution >= 4 is 5.69 Å². The molecule has 1 aromatic heterocycles. The van der Waals surface area contributed by atoms with Gasteiger partial charge in [-0.25, -0.2) is 0 Å². The zero-order chi connectivity index (χ0) is 14.5. The molecule has 0 aliphatic heterocycles. The summed E-state index contributed by atoms with van der Waals surface area (Å²) in [5.74, 6) is 1.60. The third-order valence-electron chi connectivity index (χ3n) is 3.29. The Morgan fingerprint density at radius 2 is 1.95 bits per heavy atom. The van der Waals surface area contributed by atoms with Gasteiger partial charge in [-0.15, -0.1) is 0 Å². The van der Waals surface area contributed by atoms with Gasteiger partial charge in [0.2, 0.25) is 0 Å². The summed E-state index contributed by atoms with van der Waals surface area (Å²) in [6.45, 7) is 4.08. The van der Waals surface area contributed by atoms with Crippen LogP contribution in [0.4, 0.5) is 5.69 Å². The highest BCUT2D eigenvalue weighted by Gasteiger charge is 2.13. The Labute approximate surface area is 119 Å². The molecule has 2 aromatic rings. The van der Waals surface area contributed by atoms with E-state index in [1.165, 1.54) is 0 Å². The number of ether oxygens (including phenoxy) is 2.